The van der Waals surface area contributed by atoms with Crippen molar-refractivity contribution in [2.45, 2.75) is 25.9 Å². The van der Waals surface area contributed by atoms with Crippen molar-refractivity contribution in [2.24, 2.45) is 11.5 Å². The molecule has 2 atom stereocenters. The fourth-order valence-electron chi connectivity index (χ4n) is 2.40. The van der Waals surface area contributed by atoms with Crippen LogP contribution in [0.3, 0.4) is 0 Å². The van der Waals surface area contributed by atoms with Gasteiger partial charge in [-0.2, -0.15) is 0 Å². The average molecular weight is 326 g/mol. The van der Waals surface area contributed by atoms with Gasteiger partial charge in [-0.15, -0.1) is 0 Å². The van der Waals surface area contributed by atoms with E-state index < -0.39 is 0 Å². The number of nitrogens with two attached hydrogens (primary N) is 2. The third-order valence-electron chi connectivity index (χ3n) is 3.62. The highest BCUT2D eigenvalue weighted by atomic mass is 16.2. The minimum absolute atomic E-state index is 0.122. The molecule has 2 aromatic rings. The van der Waals surface area contributed by atoms with E-state index in [0.29, 0.717) is 11.4 Å². The summed E-state index contributed by atoms with van der Waals surface area (Å²) in [4.78, 5) is 22.1. The summed E-state index contributed by atoms with van der Waals surface area (Å²) in [6.07, 6.45) is 0. The molecule has 0 saturated carbocycles. The molecule has 6 nitrogen and oxygen atoms in total. The maximum absolute atomic E-state index is 11.0. The minimum atomic E-state index is -0.386. The Labute approximate surface area is 141 Å². The number of hydrogen-bond acceptors (Lipinski definition) is 4. The maximum Gasteiger partial charge on any atom is 0.221 e. The highest BCUT2D eigenvalue weighted by Crippen LogP contribution is 2.26. The SMILES string of the molecule is CC(=O)Nc1ccc([C@@H](N)[C@H](N)c2ccc(NC(C)=O)cc2)cc1. The molecule has 2 amide bonds. The lowest BCUT2D eigenvalue weighted by atomic mass is 9.94. The summed E-state index contributed by atoms with van der Waals surface area (Å²) in [6.45, 7) is 2.92. The predicted molar refractivity (Wildman–Crippen MR) is 95.3 cm³/mol. The zero-order valence-corrected chi connectivity index (χ0v) is 13.7. The molecule has 0 aliphatic heterocycles. The molecule has 24 heavy (non-hydrogen) atoms. The average Bonchev–Trinajstić information content (AvgIpc) is 2.54. The van der Waals surface area contributed by atoms with Gasteiger partial charge in [-0.3, -0.25) is 9.59 Å². The Kier molecular flexibility index (Phi) is 5.68. The van der Waals surface area contributed by atoms with Gasteiger partial charge in [0, 0.05) is 37.3 Å². The van der Waals surface area contributed by atoms with Crippen LogP contribution < -0.4 is 22.1 Å². The van der Waals surface area contributed by atoms with Crippen LogP contribution in [0.15, 0.2) is 48.5 Å². The zero-order chi connectivity index (χ0) is 17.7. The third-order valence-corrected chi connectivity index (χ3v) is 3.62. The van der Waals surface area contributed by atoms with Crippen LogP contribution in [0.25, 0.3) is 0 Å². The third kappa shape index (κ3) is 4.65. The van der Waals surface area contributed by atoms with Crippen LogP contribution in [0.4, 0.5) is 11.4 Å². The van der Waals surface area contributed by atoms with E-state index in [1.165, 1.54) is 13.8 Å². The molecule has 2 aromatic carbocycles. The van der Waals surface area contributed by atoms with E-state index in [0.717, 1.165) is 11.1 Å². The molecule has 0 heterocycles. The summed E-state index contributed by atoms with van der Waals surface area (Å²) >= 11 is 0. The van der Waals surface area contributed by atoms with Crippen molar-refractivity contribution in [1.29, 1.82) is 0 Å². The van der Waals surface area contributed by atoms with Crippen molar-refractivity contribution < 1.29 is 9.59 Å². The van der Waals surface area contributed by atoms with Crippen LogP contribution in [0.5, 0.6) is 0 Å². The van der Waals surface area contributed by atoms with Crippen molar-refractivity contribution in [3.8, 4) is 0 Å². The minimum Gasteiger partial charge on any atom is -0.326 e. The molecule has 2 rings (SSSR count). The van der Waals surface area contributed by atoms with E-state index in [2.05, 4.69) is 10.6 Å². The van der Waals surface area contributed by atoms with Gasteiger partial charge in [0.15, 0.2) is 0 Å². The molecule has 0 aromatic heterocycles. The number of carbonyl (C=O) groups is 2. The summed E-state index contributed by atoms with van der Waals surface area (Å²) in [5.74, 6) is -0.244. The fourth-order valence-corrected chi connectivity index (χ4v) is 2.40. The number of hydrogen-bond donors (Lipinski definition) is 4. The summed E-state index contributed by atoms with van der Waals surface area (Å²) < 4.78 is 0. The Balaban J connectivity index is 2.09. The Morgan fingerprint density at radius 3 is 1.25 bits per heavy atom. The molecule has 0 fully saturated rings. The van der Waals surface area contributed by atoms with Gasteiger partial charge in [-0.05, 0) is 35.4 Å². The lowest BCUT2D eigenvalue weighted by Crippen LogP contribution is -2.26. The first kappa shape index (κ1) is 17.7. The highest BCUT2D eigenvalue weighted by molar-refractivity contribution is 5.89. The van der Waals surface area contributed by atoms with Crippen molar-refractivity contribution in [2.75, 3.05) is 10.6 Å². The topological polar surface area (TPSA) is 110 Å². The molecular formula is C18H22N4O2. The Morgan fingerprint density at radius 1 is 0.708 bits per heavy atom. The fraction of sp³-hybridized carbons (Fsp3) is 0.222. The van der Waals surface area contributed by atoms with Gasteiger partial charge in [0.05, 0.1) is 0 Å². The molecule has 6 N–H and O–H groups in total. The number of amides is 2. The van der Waals surface area contributed by atoms with Gasteiger partial charge in [-0.25, -0.2) is 0 Å². The summed E-state index contributed by atoms with van der Waals surface area (Å²) in [5.41, 5.74) is 15.7. The Hall–Kier alpha value is -2.70. The van der Waals surface area contributed by atoms with Crippen LogP contribution in [0.1, 0.15) is 37.1 Å². The molecule has 126 valence electrons. The molecule has 0 radical (unpaired) electrons. The molecule has 0 spiro atoms. The van der Waals surface area contributed by atoms with E-state index >= 15 is 0 Å². The largest absolute Gasteiger partial charge is 0.326 e. The van der Waals surface area contributed by atoms with Crippen molar-refractivity contribution >= 4 is 23.2 Å². The van der Waals surface area contributed by atoms with Crippen LogP contribution in [-0.4, -0.2) is 11.8 Å². The van der Waals surface area contributed by atoms with Crippen LogP contribution in [-0.2, 0) is 9.59 Å². The van der Waals surface area contributed by atoms with Crippen molar-refractivity contribution in [3.63, 3.8) is 0 Å². The van der Waals surface area contributed by atoms with Gasteiger partial charge >= 0.3 is 0 Å². The summed E-state index contributed by atoms with van der Waals surface area (Å²) in [5, 5.41) is 5.42. The van der Waals surface area contributed by atoms with Gasteiger partial charge in [-0.1, -0.05) is 24.3 Å². The standard InChI is InChI=1S/C18H22N4O2/c1-11(23)21-15-7-3-13(4-8-15)17(19)18(20)14-5-9-16(10-6-14)22-12(2)24/h3-10,17-18H,19-20H2,1-2H3,(H,21,23)(H,22,24)/t17-,18-/m1/s1. The Bertz CT molecular complexity index is 647. The van der Waals surface area contributed by atoms with Gasteiger partial charge in [0.1, 0.15) is 0 Å². The molecule has 0 aliphatic carbocycles. The molecule has 0 saturated heterocycles. The number of benzene rings is 2. The summed E-state index contributed by atoms with van der Waals surface area (Å²) in [6, 6.07) is 13.8. The maximum atomic E-state index is 11.0. The normalized spacial score (nSPS) is 13.0. The van der Waals surface area contributed by atoms with Gasteiger partial charge < -0.3 is 22.1 Å². The van der Waals surface area contributed by atoms with E-state index in [1.54, 1.807) is 24.3 Å². The second-order valence-corrected chi connectivity index (χ2v) is 5.66. The Morgan fingerprint density at radius 2 is 1.00 bits per heavy atom. The lowest BCUT2D eigenvalue weighted by molar-refractivity contribution is -0.115. The first-order chi connectivity index (χ1) is 11.4. The smallest absolute Gasteiger partial charge is 0.221 e. The van der Waals surface area contributed by atoms with Crippen molar-refractivity contribution in [1.82, 2.24) is 0 Å². The number of anilines is 2. The van der Waals surface area contributed by atoms with Crippen LogP contribution in [0, 0.1) is 0 Å². The van der Waals surface area contributed by atoms with Gasteiger partial charge in [0.2, 0.25) is 11.8 Å². The molecular weight excluding hydrogens is 304 g/mol. The van der Waals surface area contributed by atoms with E-state index in [-0.39, 0.29) is 23.9 Å². The van der Waals surface area contributed by atoms with E-state index in [4.69, 9.17) is 11.5 Å². The van der Waals surface area contributed by atoms with Crippen LogP contribution >= 0.6 is 0 Å². The van der Waals surface area contributed by atoms with Crippen molar-refractivity contribution in [3.05, 3.63) is 59.7 Å². The number of carbonyl (C=O) groups excluding carboxylic acids is 2. The van der Waals surface area contributed by atoms with E-state index in [9.17, 15) is 9.59 Å². The second-order valence-electron chi connectivity index (χ2n) is 5.66. The lowest BCUT2D eigenvalue weighted by Gasteiger charge is -2.21. The zero-order valence-electron chi connectivity index (χ0n) is 13.7. The quantitative estimate of drug-likeness (QED) is 0.675. The molecule has 6 heteroatoms. The van der Waals surface area contributed by atoms with Crippen LogP contribution in [0.2, 0.25) is 0 Å². The van der Waals surface area contributed by atoms with Gasteiger partial charge in [0.25, 0.3) is 0 Å². The molecule has 0 aliphatic rings. The monoisotopic (exact) mass is 326 g/mol. The first-order valence-corrected chi connectivity index (χ1v) is 7.63. The molecule has 0 unspecified atom stereocenters. The number of rotatable bonds is 5. The summed E-state index contributed by atoms with van der Waals surface area (Å²) in [7, 11) is 0. The number of nitrogens with one attached hydrogen (secondary N) is 2. The second kappa shape index (κ2) is 7.72. The highest BCUT2D eigenvalue weighted by Gasteiger charge is 2.17. The molecule has 0 bridgehead atoms. The predicted octanol–water partition coefficient (Wildman–Crippen LogP) is 2.30. The first-order valence-electron chi connectivity index (χ1n) is 7.63. The van der Waals surface area contributed by atoms with E-state index in [1.807, 2.05) is 24.3 Å².